The molecule has 0 heterocycles. The van der Waals surface area contributed by atoms with Gasteiger partial charge in [-0.3, -0.25) is 0 Å². The SMILES string of the molecule is C[C@@H]1[C@H]2C[C@@H](C[C@H]1B(OS(=O)(=O)C(F)(F)F)[C@@H]1C[C@@H]3C[C@H]([C@H]1C)C3(C)C)C2(C)C. The van der Waals surface area contributed by atoms with Crippen LogP contribution < -0.4 is 0 Å². The predicted molar refractivity (Wildman–Crippen MR) is 108 cm³/mol. The minimum absolute atomic E-state index is 0.128. The highest BCUT2D eigenvalue weighted by Gasteiger charge is 2.65. The number of halogens is 3. The molecule has 0 N–H and O–H groups in total. The highest BCUT2D eigenvalue weighted by molar-refractivity contribution is 7.88. The largest absolute Gasteiger partial charge is 0.521 e. The van der Waals surface area contributed by atoms with Crippen LogP contribution in [-0.2, 0) is 14.2 Å². The lowest BCUT2D eigenvalue weighted by Gasteiger charge is -2.65. The van der Waals surface area contributed by atoms with E-state index in [1.54, 1.807) is 0 Å². The van der Waals surface area contributed by atoms with E-state index in [2.05, 4.69) is 41.5 Å². The van der Waals surface area contributed by atoms with Crippen LogP contribution >= 0.6 is 0 Å². The van der Waals surface area contributed by atoms with Gasteiger partial charge in [-0.1, -0.05) is 54.4 Å². The third kappa shape index (κ3) is 3.05. The fraction of sp³-hybridized carbons (Fsp3) is 1.00. The Labute approximate surface area is 173 Å². The van der Waals surface area contributed by atoms with Gasteiger partial charge in [-0.2, -0.15) is 21.6 Å². The lowest BCUT2D eigenvalue weighted by molar-refractivity contribution is -0.110. The molecule has 8 heteroatoms. The van der Waals surface area contributed by atoms with Crippen LogP contribution in [0.1, 0.15) is 67.2 Å². The molecule has 8 atom stereocenters. The molecule has 0 amide bonds. The molecule has 6 aliphatic rings. The maximum absolute atomic E-state index is 13.2. The van der Waals surface area contributed by atoms with E-state index in [-0.39, 0.29) is 34.3 Å². The standard InChI is InChI=1S/C21H34BF3O3S/c1-11-15-7-13(19(15,3)4)9-17(11)22(28-29(26,27)21(23,24)25)18-10-14-8-16(12(18)2)20(14,5)6/h11-18H,7-10H2,1-6H3/t11-,12-,13+,14+,15-,16-,17-,18-/m1/s1. The zero-order valence-corrected chi connectivity index (χ0v) is 19.1. The average Bonchev–Trinajstić information content (AvgIpc) is 2.58. The lowest BCUT2D eigenvalue weighted by atomic mass is 9.28. The van der Waals surface area contributed by atoms with Gasteiger partial charge < -0.3 is 4.10 Å². The summed E-state index contributed by atoms with van der Waals surface area (Å²) in [5.74, 6) is 1.82. The lowest BCUT2D eigenvalue weighted by Crippen LogP contribution is -2.60. The molecule has 3 nitrogen and oxygen atoms in total. The van der Waals surface area contributed by atoms with E-state index in [9.17, 15) is 21.6 Å². The topological polar surface area (TPSA) is 43.4 Å². The molecular weight excluding hydrogens is 400 g/mol. The minimum atomic E-state index is -5.61. The van der Waals surface area contributed by atoms with Crippen molar-refractivity contribution < 1.29 is 25.7 Å². The predicted octanol–water partition coefficient (Wildman–Crippen LogP) is 5.99. The Morgan fingerprint density at radius 1 is 0.828 bits per heavy atom. The van der Waals surface area contributed by atoms with Gasteiger partial charge in [0.25, 0.3) is 0 Å². The van der Waals surface area contributed by atoms with Crippen LogP contribution in [0.25, 0.3) is 0 Å². The third-order valence-electron chi connectivity index (χ3n) is 10.2. The Balaban J connectivity index is 1.65. The van der Waals surface area contributed by atoms with Crippen molar-refractivity contribution >= 4 is 17.0 Å². The van der Waals surface area contributed by atoms with Crippen LogP contribution in [0.3, 0.4) is 0 Å². The molecule has 6 rings (SSSR count). The summed E-state index contributed by atoms with van der Waals surface area (Å²) in [5, 5.41) is 0. The maximum atomic E-state index is 13.2. The van der Waals surface area contributed by atoms with Gasteiger partial charge in [0.15, 0.2) is 0 Å². The molecule has 0 unspecified atom stereocenters. The van der Waals surface area contributed by atoms with Gasteiger partial charge in [-0.25, -0.2) is 0 Å². The zero-order valence-electron chi connectivity index (χ0n) is 18.3. The number of hydrogen-bond donors (Lipinski definition) is 0. The molecule has 29 heavy (non-hydrogen) atoms. The van der Waals surface area contributed by atoms with Crippen LogP contribution in [0.5, 0.6) is 0 Å². The molecule has 166 valence electrons. The van der Waals surface area contributed by atoms with E-state index in [1.165, 1.54) is 0 Å². The minimum Gasteiger partial charge on any atom is -0.326 e. The Morgan fingerprint density at radius 2 is 1.21 bits per heavy atom. The monoisotopic (exact) mass is 434 g/mol. The maximum Gasteiger partial charge on any atom is 0.521 e. The second-order valence-corrected chi connectivity index (χ2v) is 13.3. The Hall–Kier alpha value is -0.235. The molecule has 6 fully saturated rings. The quantitative estimate of drug-likeness (QED) is 0.403. The van der Waals surface area contributed by atoms with Gasteiger partial charge in [0.2, 0.25) is 0 Å². The summed E-state index contributed by atoms with van der Waals surface area (Å²) >= 11 is 0. The normalized spacial score (nSPS) is 45.1. The van der Waals surface area contributed by atoms with E-state index in [1.807, 2.05) is 0 Å². The van der Waals surface area contributed by atoms with Crippen LogP contribution in [-0.4, -0.2) is 20.8 Å². The van der Waals surface area contributed by atoms with Gasteiger partial charge >= 0.3 is 22.5 Å². The molecule has 4 bridgehead atoms. The Morgan fingerprint density at radius 3 is 1.48 bits per heavy atom. The van der Waals surface area contributed by atoms with Crippen molar-refractivity contribution in [2.75, 3.05) is 0 Å². The highest BCUT2D eigenvalue weighted by atomic mass is 32.2. The average molecular weight is 434 g/mol. The summed E-state index contributed by atoms with van der Waals surface area (Å²) < 4.78 is 68.9. The summed E-state index contributed by atoms with van der Waals surface area (Å²) in [5.41, 5.74) is -5.00. The van der Waals surface area contributed by atoms with E-state index in [4.69, 9.17) is 4.10 Å². The van der Waals surface area contributed by atoms with Crippen molar-refractivity contribution in [3.63, 3.8) is 0 Å². The molecular formula is C21H34BF3O3S. The summed E-state index contributed by atoms with van der Waals surface area (Å²) in [4.78, 5) is 0. The first-order chi connectivity index (χ1) is 13.1. The molecule has 6 saturated carbocycles. The van der Waals surface area contributed by atoms with Crippen molar-refractivity contribution in [3.05, 3.63) is 0 Å². The van der Waals surface area contributed by atoms with Crippen LogP contribution in [0.2, 0.25) is 11.6 Å². The number of fused-ring (bicyclic) bond motifs is 4. The van der Waals surface area contributed by atoms with Gasteiger partial charge in [0.05, 0.1) is 0 Å². The molecule has 0 aromatic carbocycles. The van der Waals surface area contributed by atoms with Crippen molar-refractivity contribution in [1.82, 2.24) is 0 Å². The molecule has 6 aliphatic carbocycles. The summed E-state index contributed by atoms with van der Waals surface area (Å²) in [6, 6.07) is 0. The van der Waals surface area contributed by atoms with Crippen molar-refractivity contribution in [1.29, 1.82) is 0 Å². The van der Waals surface area contributed by atoms with Gasteiger partial charge in [0.1, 0.15) is 0 Å². The van der Waals surface area contributed by atoms with Gasteiger partial charge in [-0.05, 0) is 70.8 Å². The summed E-state index contributed by atoms with van der Waals surface area (Å²) in [6.45, 7) is 12.3. The first-order valence-electron chi connectivity index (χ1n) is 11.1. The second kappa shape index (κ2) is 6.40. The number of rotatable bonds is 4. The van der Waals surface area contributed by atoms with Crippen molar-refractivity contribution in [2.24, 2.45) is 46.3 Å². The first kappa shape index (κ1) is 22.0. The summed E-state index contributed by atoms with van der Waals surface area (Å²) in [7, 11) is -5.61. The second-order valence-electron chi connectivity index (χ2n) is 11.7. The van der Waals surface area contributed by atoms with Crippen LogP contribution in [0.15, 0.2) is 0 Å². The molecule has 0 radical (unpaired) electrons. The van der Waals surface area contributed by atoms with Crippen molar-refractivity contribution in [3.8, 4) is 0 Å². The molecule has 0 aromatic heterocycles. The van der Waals surface area contributed by atoms with Gasteiger partial charge in [0, 0.05) is 0 Å². The Kier molecular flexibility index (Phi) is 4.85. The summed E-state index contributed by atoms with van der Waals surface area (Å²) in [6.07, 6.45) is 3.74. The number of alkyl halides is 3. The van der Waals surface area contributed by atoms with Crippen molar-refractivity contribution in [2.45, 2.75) is 84.4 Å². The molecule has 0 saturated heterocycles. The third-order valence-corrected chi connectivity index (χ3v) is 11.2. The van der Waals surface area contributed by atoms with E-state index < -0.39 is 22.5 Å². The zero-order chi connectivity index (χ0) is 21.7. The molecule has 0 aromatic rings. The fourth-order valence-electron chi connectivity index (χ4n) is 7.91. The van der Waals surface area contributed by atoms with Crippen LogP contribution in [0, 0.1) is 46.3 Å². The smallest absolute Gasteiger partial charge is 0.326 e. The fourth-order valence-corrected chi connectivity index (χ4v) is 8.59. The van der Waals surface area contributed by atoms with Gasteiger partial charge in [-0.15, -0.1) is 0 Å². The highest BCUT2D eigenvalue weighted by Crippen LogP contribution is 2.69. The van der Waals surface area contributed by atoms with E-state index >= 15 is 0 Å². The molecule has 0 spiro atoms. The first-order valence-corrected chi connectivity index (χ1v) is 12.5. The van der Waals surface area contributed by atoms with Crippen LogP contribution in [0.4, 0.5) is 13.2 Å². The van der Waals surface area contributed by atoms with E-state index in [0.29, 0.717) is 23.7 Å². The van der Waals surface area contributed by atoms with E-state index in [0.717, 1.165) is 25.7 Å². The number of hydrogen-bond acceptors (Lipinski definition) is 3. The Bertz CT molecular complexity index is 737. The molecule has 0 aliphatic heterocycles.